The Balaban J connectivity index is 2.44. The normalized spacial score (nSPS) is 14.7. The van der Waals surface area contributed by atoms with Crippen molar-refractivity contribution in [1.29, 1.82) is 0 Å². The van der Waals surface area contributed by atoms with Gasteiger partial charge in [-0.1, -0.05) is 32.0 Å². The summed E-state index contributed by atoms with van der Waals surface area (Å²) in [5.74, 6) is 0.880. The molecule has 1 heterocycles. The van der Waals surface area contributed by atoms with Crippen LogP contribution in [0.4, 0.5) is 0 Å². The standard InChI is InChI=1S/C13H18N4O/c1-9(2)12(10(3)18)13-14-15-16-17(13)11-7-5-4-6-8-11/h4-10,12,18H,1-3H3. The molecule has 2 rings (SSSR count). The van der Waals surface area contributed by atoms with E-state index >= 15 is 0 Å². The van der Waals surface area contributed by atoms with Crippen molar-refractivity contribution in [3.63, 3.8) is 0 Å². The smallest absolute Gasteiger partial charge is 0.162 e. The van der Waals surface area contributed by atoms with Crippen LogP contribution in [-0.4, -0.2) is 31.4 Å². The summed E-state index contributed by atoms with van der Waals surface area (Å²) in [4.78, 5) is 0. The van der Waals surface area contributed by atoms with E-state index in [-0.39, 0.29) is 11.8 Å². The molecule has 0 aliphatic heterocycles. The van der Waals surface area contributed by atoms with Crippen LogP contribution in [0.1, 0.15) is 32.5 Å². The number of para-hydroxylation sites is 1. The van der Waals surface area contributed by atoms with Crippen LogP contribution in [0.3, 0.4) is 0 Å². The summed E-state index contributed by atoms with van der Waals surface area (Å²) in [5.41, 5.74) is 0.906. The van der Waals surface area contributed by atoms with Crippen molar-refractivity contribution in [1.82, 2.24) is 20.2 Å². The first kappa shape index (κ1) is 12.7. The summed E-state index contributed by atoms with van der Waals surface area (Å²) in [5, 5.41) is 21.7. The van der Waals surface area contributed by atoms with Gasteiger partial charge in [0.05, 0.1) is 11.8 Å². The average molecular weight is 246 g/mol. The Morgan fingerprint density at radius 3 is 2.33 bits per heavy atom. The molecule has 0 radical (unpaired) electrons. The number of aromatic nitrogens is 4. The number of aliphatic hydroxyl groups is 1. The molecule has 0 spiro atoms. The molecule has 5 nitrogen and oxygen atoms in total. The summed E-state index contributed by atoms with van der Waals surface area (Å²) in [7, 11) is 0. The van der Waals surface area contributed by atoms with Gasteiger partial charge in [-0.05, 0) is 35.4 Å². The van der Waals surface area contributed by atoms with Gasteiger partial charge in [-0.15, -0.1) is 5.10 Å². The average Bonchev–Trinajstić information content (AvgIpc) is 2.78. The topological polar surface area (TPSA) is 63.8 Å². The van der Waals surface area contributed by atoms with E-state index in [4.69, 9.17) is 0 Å². The summed E-state index contributed by atoms with van der Waals surface area (Å²) >= 11 is 0. The molecular weight excluding hydrogens is 228 g/mol. The third-order valence-corrected chi connectivity index (χ3v) is 3.03. The monoisotopic (exact) mass is 246 g/mol. The zero-order chi connectivity index (χ0) is 13.1. The van der Waals surface area contributed by atoms with E-state index in [0.717, 1.165) is 5.69 Å². The molecule has 0 saturated carbocycles. The van der Waals surface area contributed by atoms with E-state index in [1.807, 2.05) is 30.3 Å². The summed E-state index contributed by atoms with van der Waals surface area (Å²) in [6.07, 6.45) is -0.488. The van der Waals surface area contributed by atoms with E-state index in [1.54, 1.807) is 11.6 Å². The number of hydrogen-bond donors (Lipinski definition) is 1. The fourth-order valence-corrected chi connectivity index (χ4v) is 2.23. The van der Waals surface area contributed by atoms with Gasteiger partial charge in [0, 0.05) is 5.92 Å². The Morgan fingerprint density at radius 2 is 1.78 bits per heavy atom. The Morgan fingerprint density at radius 1 is 1.11 bits per heavy atom. The van der Waals surface area contributed by atoms with Crippen LogP contribution in [-0.2, 0) is 0 Å². The highest BCUT2D eigenvalue weighted by atomic mass is 16.3. The van der Waals surface area contributed by atoms with Crippen molar-refractivity contribution in [2.24, 2.45) is 5.92 Å². The van der Waals surface area contributed by atoms with Gasteiger partial charge in [0.25, 0.3) is 0 Å². The minimum atomic E-state index is -0.488. The van der Waals surface area contributed by atoms with Gasteiger partial charge in [0.1, 0.15) is 0 Å². The van der Waals surface area contributed by atoms with Gasteiger partial charge < -0.3 is 5.11 Å². The lowest BCUT2D eigenvalue weighted by Gasteiger charge is -2.22. The molecule has 1 aromatic heterocycles. The van der Waals surface area contributed by atoms with Crippen LogP contribution in [0.2, 0.25) is 0 Å². The van der Waals surface area contributed by atoms with E-state index in [0.29, 0.717) is 5.82 Å². The predicted octanol–water partition coefficient (Wildman–Crippen LogP) is 1.78. The second-order valence-corrected chi connectivity index (χ2v) is 4.79. The van der Waals surface area contributed by atoms with Crippen molar-refractivity contribution < 1.29 is 5.11 Å². The first-order chi connectivity index (χ1) is 8.61. The van der Waals surface area contributed by atoms with Crippen LogP contribution in [0.15, 0.2) is 30.3 Å². The van der Waals surface area contributed by atoms with Crippen molar-refractivity contribution in [2.75, 3.05) is 0 Å². The Hall–Kier alpha value is -1.75. The van der Waals surface area contributed by atoms with E-state index in [2.05, 4.69) is 29.4 Å². The molecule has 1 N–H and O–H groups in total. The van der Waals surface area contributed by atoms with Gasteiger partial charge in [0.15, 0.2) is 5.82 Å². The third-order valence-electron chi connectivity index (χ3n) is 3.03. The fourth-order valence-electron chi connectivity index (χ4n) is 2.23. The maximum absolute atomic E-state index is 9.92. The maximum Gasteiger partial charge on any atom is 0.162 e. The summed E-state index contributed by atoms with van der Waals surface area (Å²) < 4.78 is 1.69. The minimum Gasteiger partial charge on any atom is -0.393 e. The van der Waals surface area contributed by atoms with Crippen molar-refractivity contribution in [2.45, 2.75) is 32.8 Å². The zero-order valence-corrected chi connectivity index (χ0v) is 10.9. The van der Waals surface area contributed by atoms with Crippen LogP contribution in [0.5, 0.6) is 0 Å². The Kier molecular flexibility index (Phi) is 3.72. The second-order valence-electron chi connectivity index (χ2n) is 4.79. The van der Waals surface area contributed by atoms with Crippen LogP contribution in [0.25, 0.3) is 5.69 Å². The highest BCUT2D eigenvalue weighted by Gasteiger charge is 2.27. The second kappa shape index (κ2) is 5.27. The molecule has 2 atom stereocenters. The number of benzene rings is 1. The summed E-state index contributed by atoms with van der Waals surface area (Å²) in [6, 6.07) is 9.71. The molecule has 2 unspecified atom stereocenters. The first-order valence-corrected chi connectivity index (χ1v) is 6.13. The fraction of sp³-hybridized carbons (Fsp3) is 0.462. The zero-order valence-electron chi connectivity index (χ0n) is 10.9. The van der Waals surface area contributed by atoms with E-state index in [9.17, 15) is 5.11 Å². The van der Waals surface area contributed by atoms with Crippen molar-refractivity contribution in [3.8, 4) is 5.69 Å². The highest BCUT2D eigenvalue weighted by Crippen LogP contribution is 2.27. The molecule has 18 heavy (non-hydrogen) atoms. The van der Waals surface area contributed by atoms with Gasteiger partial charge in [-0.25, -0.2) is 0 Å². The molecule has 0 aliphatic carbocycles. The number of tetrazole rings is 1. The van der Waals surface area contributed by atoms with Gasteiger partial charge in [0.2, 0.25) is 0 Å². The molecule has 96 valence electrons. The first-order valence-electron chi connectivity index (χ1n) is 6.13. The number of rotatable bonds is 4. The predicted molar refractivity (Wildman–Crippen MR) is 68.4 cm³/mol. The Bertz CT molecular complexity index is 485. The quantitative estimate of drug-likeness (QED) is 0.893. The van der Waals surface area contributed by atoms with Gasteiger partial charge >= 0.3 is 0 Å². The number of aliphatic hydroxyl groups excluding tert-OH is 1. The number of nitrogens with zero attached hydrogens (tertiary/aromatic N) is 4. The molecule has 0 aliphatic rings. The molecule has 0 amide bonds. The summed E-state index contributed by atoms with van der Waals surface area (Å²) in [6.45, 7) is 5.89. The van der Waals surface area contributed by atoms with Gasteiger partial charge in [-0.3, -0.25) is 0 Å². The molecule has 1 aromatic carbocycles. The van der Waals surface area contributed by atoms with Crippen molar-refractivity contribution in [3.05, 3.63) is 36.2 Å². The maximum atomic E-state index is 9.92. The molecule has 0 bridgehead atoms. The third kappa shape index (κ3) is 2.41. The lowest BCUT2D eigenvalue weighted by molar-refractivity contribution is 0.134. The van der Waals surface area contributed by atoms with Crippen LogP contribution in [0, 0.1) is 5.92 Å². The lowest BCUT2D eigenvalue weighted by atomic mass is 9.90. The molecule has 0 fully saturated rings. The largest absolute Gasteiger partial charge is 0.393 e. The molecule has 5 heteroatoms. The van der Waals surface area contributed by atoms with Crippen molar-refractivity contribution >= 4 is 0 Å². The molecule has 0 saturated heterocycles. The van der Waals surface area contributed by atoms with Crippen LogP contribution < -0.4 is 0 Å². The number of hydrogen-bond acceptors (Lipinski definition) is 4. The Labute approximate surface area is 106 Å². The molecule has 2 aromatic rings. The lowest BCUT2D eigenvalue weighted by Crippen LogP contribution is -2.24. The van der Waals surface area contributed by atoms with E-state index < -0.39 is 6.10 Å². The molecular formula is C13H18N4O. The minimum absolute atomic E-state index is 0.0831. The van der Waals surface area contributed by atoms with E-state index in [1.165, 1.54) is 0 Å². The highest BCUT2D eigenvalue weighted by molar-refractivity contribution is 5.31. The van der Waals surface area contributed by atoms with Gasteiger partial charge in [-0.2, -0.15) is 4.68 Å². The van der Waals surface area contributed by atoms with Crippen LogP contribution >= 0.6 is 0 Å². The SMILES string of the molecule is CC(C)C(c1nnnn1-c1ccccc1)C(C)O.